The van der Waals surface area contributed by atoms with Gasteiger partial charge in [-0.3, -0.25) is 4.79 Å². The van der Waals surface area contributed by atoms with Gasteiger partial charge in [0.25, 0.3) is 0 Å². The fourth-order valence-electron chi connectivity index (χ4n) is 2.31. The van der Waals surface area contributed by atoms with E-state index in [0.29, 0.717) is 0 Å². The fourth-order valence-corrected chi connectivity index (χ4v) is 2.31. The molecule has 0 heterocycles. The molecular weight excluding hydrogens is 224 g/mol. The van der Waals surface area contributed by atoms with E-state index >= 15 is 0 Å². The smallest absolute Gasteiger partial charge is 0.238 e. The zero-order valence-corrected chi connectivity index (χ0v) is 11.3. The molecule has 0 spiro atoms. The van der Waals surface area contributed by atoms with Crippen molar-refractivity contribution >= 4 is 18.3 Å². The van der Waals surface area contributed by atoms with Crippen molar-refractivity contribution in [2.75, 3.05) is 13.6 Å². The van der Waals surface area contributed by atoms with E-state index in [1.165, 1.54) is 32.1 Å². The van der Waals surface area contributed by atoms with Crippen LogP contribution in [0.4, 0.5) is 0 Å². The van der Waals surface area contributed by atoms with Crippen molar-refractivity contribution in [3.8, 4) is 0 Å². The van der Waals surface area contributed by atoms with Crippen molar-refractivity contribution in [2.45, 2.75) is 51.5 Å². The lowest BCUT2D eigenvalue weighted by Gasteiger charge is -2.25. The molecule has 1 aliphatic rings. The summed E-state index contributed by atoms with van der Waals surface area (Å²) < 4.78 is 0. The van der Waals surface area contributed by atoms with Crippen LogP contribution in [0.5, 0.6) is 0 Å². The summed E-state index contributed by atoms with van der Waals surface area (Å²) in [6.07, 6.45) is 7.98. The standard InChI is InChI=1S/C12H24N2O.ClH/c1-10(13)12(15)14(2)9-8-11-6-4-3-5-7-11;/h10-11H,3-9,13H2,1-2H3;1H/t10-;/m1./s1. The molecule has 0 aromatic heterocycles. The molecule has 1 atom stereocenters. The molecule has 1 aliphatic carbocycles. The molecular formula is C12H25ClN2O. The van der Waals surface area contributed by atoms with Crippen molar-refractivity contribution in [1.82, 2.24) is 4.90 Å². The van der Waals surface area contributed by atoms with Crippen molar-refractivity contribution in [3.63, 3.8) is 0 Å². The molecule has 2 N–H and O–H groups in total. The number of nitrogens with zero attached hydrogens (tertiary/aromatic N) is 1. The van der Waals surface area contributed by atoms with E-state index in [1.54, 1.807) is 11.8 Å². The number of carbonyl (C=O) groups is 1. The molecule has 1 amide bonds. The van der Waals surface area contributed by atoms with E-state index in [1.807, 2.05) is 7.05 Å². The maximum absolute atomic E-state index is 11.5. The SMILES string of the molecule is C[C@@H](N)C(=O)N(C)CCC1CCCCC1.Cl. The predicted molar refractivity (Wildman–Crippen MR) is 69.7 cm³/mol. The molecule has 0 radical (unpaired) electrons. The summed E-state index contributed by atoms with van der Waals surface area (Å²) in [4.78, 5) is 13.3. The average molecular weight is 249 g/mol. The summed E-state index contributed by atoms with van der Waals surface area (Å²) in [5, 5.41) is 0. The third-order valence-electron chi connectivity index (χ3n) is 3.36. The van der Waals surface area contributed by atoms with Gasteiger partial charge in [0.1, 0.15) is 0 Å². The topological polar surface area (TPSA) is 46.3 Å². The first-order chi connectivity index (χ1) is 7.11. The first-order valence-electron chi connectivity index (χ1n) is 6.12. The highest BCUT2D eigenvalue weighted by Crippen LogP contribution is 2.26. The third kappa shape index (κ3) is 5.17. The number of nitrogens with two attached hydrogens (primary N) is 1. The number of carbonyl (C=O) groups excluding carboxylic acids is 1. The van der Waals surface area contributed by atoms with Gasteiger partial charge < -0.3 is 10.6 Å². The van der Waals surface area contributed by atoms with Crippen LogP contribution in [0.15, 0.2) is 0 Å². The van der Waals surface area contributed by atoms with Crippen LogP contribution in [-0.4, -0.2) is 30.4 Å². The van der Waals surface area contributed by atoms with Gasteiger partial charge in [0.05, 0.1) is 6.04 Å². The first kappa shape index (κ1) is 15.7. The summed E-state index contributed by atoms with van der Waals surface area (Å²) >= 11 is 0. The average Bonchev–Trinajstić information content (AvgIpc) is 2.26. The summed E-state index contributed by atoms with van der Waals surface area (Å²) in [5.41, 5.74) is 5.55. The second-order valence-electron chi connectivity index (χ2n) is 4.84. The molecule has 3 nitrogen and oxygen atoms in total. The molecule has 1 saturated carbocycles. The van der Waals surface area contributed by atoms with Crippen molar-refractivity contribution in [3.05, 3.63) is 0 Å². The lowest BCUT2D eigenvalue weighted by molar-refractivity contribution is -0.131. The van der Waals surface area contributed by atoms with Crippen LogP contribution in [0.3, 0.4) is 0 Å². The van der Waals surface area contributed by atoms with E-state index in [2.05, 4.69) is 0 Å². The van der Waals surface area contributed by atoms with Gasteiger partial charge in [-0.2, -0.15) is 0 Å². The quantitative estimate of drug-likeness (QED) is 0.829. The van der Waals surface area contributed by atoms with Crippen LogP contribution < -0.4 is 5.73 Å². The van der Waals surface area contributed by atoms with Gasteiger partial charge in [0.15, 0.2) is 0 Å². The molecule has 16 heavy (non-hydrogen) atoms. The highest BCUT2D eigenvalue weighted by molar-refractivity contribution is 5.85. The zero-order chi connectivity index (χ0) is 11.3. The lowest BCUT2D eigenvalue weighted by atomic mass is 9.87. The lowest BCUT2D eigenvalue weighted by Crippen LogP contribution is -2.40. The molecule has 0 aromatic rings. The second kappa shape index (κ2) is 7.91. The molecule has 1 fully saturated rings. The molecule has 0 saturated heterocycles. The van der Waals surface area contributed by atoms with Gasteiger partial charge >= 0.3 is 0 Å². The normalized spacial score (nSPS) is 18.7. The first-order valence-corrected chi connectivity index (χ1v) is 6.12. The molecule has 0 aliphatic heterocycles. The van der Waals surface area contributed by atoms with Crippen molar-refractivity contribution in [2.24, 2.45) is 11.7 Å². The van der Waals surface area contributed by atoms with Gasteiger partial charge in [-0.15, -0.1) is 12.4 Å². The molecule has 0 unspecified atom stereocenters. The van der Waals surface area contributed by atoms with Gasteiger partial charge in [-0.05, 0) is 19.3 Å². The summed E-state index contributed by atoms with van der Waals surface area (Å²) in [6, 6.07) is -0.360. The van der Waals surface area contributed by atoms with E-state index < -0.39 is 0 Å². The Labute approximate surface area is 105 Å². The zero-order valence-electron chi connectivity index (χ0n) is 10.4. The van der Waals surface area contributed by atoms with Crippen molar-refractivity contribution < 1.29 is 4.79 Å². The van der Waals surface area contributed by atoms with Crippen molar-refractivity contribution in [1.29, 1.82) is 0 Å². The summed E-state index contributed by atoms with van der Waals surface area (Å²) in [5.74, 6) is 0.896. The number of hydrogen-bond acceptors (Lipinski definition) is 2. The van der Waals surface area contributed by atoms with E-state index in [4.69, 9.17) is 5.73 Å². The Morgan fingerprint density at radius 1 is 1.38 bits per heavy atom. The highest BCUT2D eigenvalue weighted by atomic mass is 35.5. The van der Waals surface area contributed by atoms with Crippen LogP contribution >= 0.6 is 12.4 Å². The minimum absolute atomic E-state index is 0. The Balaban J connectivity index is 0.00000225. The number of rotatable bonds is 4. The Bertz CT molecular complexity index is 203. The van der Waals surface area contributed by atoms with Crippen LogP contribution in [0.1, 0.15) is 45.4 Å². The molecule has 0 bridgehead atoms. The van der Waals surface area contributed by atoms with Crippen LogP contribution in [0, 0.1) is 5.92 Å². The number of likely N-dealkylation sites (N-methyl/N-ethyl adjacent to an activating group) is 1. The Morgan fingerprint density at radius 3 is 2.44 bits per heavy atom. The largest absolute Gasteiger partial charge is 0.344 e. The Morgan fingerprint density at radius 2 is 1.94 bits per heavy atom. The molecule has 96 valence electrons. The maximum atomic E-state index is 11.5. The third-order valence-corrected chi connectivity index (χ3v) is 3.36. The van der Waals surface area contributed by atoms with Gasteiger partial charge in [-0.1, -0.05) is 32.1 Å². The monoisotopic (exact) mass is 248 g/mol. The summed E-state index contributed by atoms with van der Waals surface area (Å²) in [7, 11) is 1.86. The second-order valence-corrected chi connectivity index (χ2v) is 4.84. The van der Waals surface area contributed by atoms with E-state index in [0.717, 1.165) is 18.9 Å². The highest BCUT2D eigenvalue weighted by Gasteiger charge is 2.17. The minimum atomic E-state index is -0.360. The van der Waals surface area contributed by atoms with Crippen LogP contribution in [0.2, 0.25) is 0 Å². The van der Waals surface area contributed by atoms with Crippen LogP contribution in [0.25, 0.3) is 0 Å². The van der Waals surface area contributed by atoms with Gasteiger partial charge in [0.2, 0.25) is 5.91 Å². The predicted octanol–water partition coefficient (Wildman–Crippen LogP) is 2.18. The van der Waals surface area contributed by atoms with Gasteiger partial charge in [0, 0.05) is 13.6 Å². The minimum Gasteiger partial charge on any atom is -0.344 e. The Hall–Kier alpha value is -0.280. The fraction of sp³-hybridized carbons (Fsp3) is 0.917. The van der Waals surface area contributed by atoms with E-state index in [-0.39, 0.29) is 24.4 Å². The number of amides is 1. The molecule has 1 rings (SSSR count). The van der Waals surface area contributed by atoms with E-state index in [9.17, 15) is 4.79 Å². The molecule has 4 heteroatoms. The number of hydrogen-bond donors (Lipinski definition) is 1. The summed E-state index contributed by atoms with van der Waals surface area (Å²) in [6.45, 7) is 2.62. The number of halogens is 1. The Kier molecular flexibility index (Phi) is 7.77. The molecule has 0 aromatic carbocycles. The van der Waals surface area contributed by atoms with Gasteiger partial charge in [-0.25, -0.2) is 0 Å². The van der Waals surface area contributed by atoms with Crippen LogP contribution in [-0.2, 0) is 4.79 Å². The maximum Gasteiger partial charge on any atom is 0.238 e.